The Morgan fingerprint density at radius 3 is 1.00 bits per heavy atom. The van der Waals surface area contributed by atoms with Crippen molar-refractivity contribution in [2.75, 3.05) is 0 Å². The highest BCUT2D eigenvalue weighted by molar-refractivity contribution is 5.85. The third kappa shape index (κ3) is 8.62. The van der Waals surface area contributed by atoms with Gasteiger partial charge < -0.3 is 9.69 Å². The molecule has 2 nitrogen and oxygen atoms in total. The molecule has 0 N–H and O–H groups in total. The van der Waals surface area contributed by atoms with Gasteiger partial charge in [0.15, 0.2) is 0 Å². The standard InChI is InChI=1S/2C7H11N.2ClH/c2*1-8-7-5-3-2-4-6-7;;/h2*7H,2-6H2;2*1H. The van der Waals surface area contributed by atoms with Crippen molar-refractivity contribution < 1.29 is 0 Å². The molecule has 0 spiro atoms. The maximum Gasteiger partial charge on any atom is 0.223 e. The van der Waals surface area contributed by atoms with E-state index in [1.54, 1.807) is 0 Å². The zero-order chi connectivity index (χ0) is 11.6. The minimum absolute atomic E-state index is 0. The zero-order valence-electron chi connectivity index (χ0n) is 10.9. The van der Waals surface area contributed by atoms with Gasteiger partial charge in [-0.25, -0.2) is 13.1 Å². The summed E-state index contributed by atoms with van der Waals surface area (Å²) in [5.74, 6) is 0. The quantitative estimate of drug-likeness (QED) is 0.534. The smallest absolute Gasteiger partial charge is 0.223 e. The average Bonchev–Trinajstić information content (AvgIpc) is 2.41. The van der Waals surface area contributed by atoms with Crippen LogP contribution in [-0.2, 0) is 0 Å². The van der Waals surface area contributed by atoms with Crippen LogP contribution in [-0.4, -0.2) is 12.1 Å². The monoisotopic (exact) mass is 290 g/mol. The highest BCUT2D eigenvalue weighted by Crippen LogP contribution is 2.20. The lowest BCUT2D eigenvalue weighted by molar-refractivity contribution is 0.480. The van der Waals surface area contributed by atoms with Crippen molar-refractivity contribution in [1.82, 2.24) is 0 Å². The van der Waals surface area contributed by atoms with Crippen molar-refractivity contribution in [3.8, 4) is 0 Å². The van der Waals surface area contributed by atoms with Gasteiger partial charge >= 0.3 is 0 Å². The second-order valence-electron chi connectivity index (χ2n) is 4.84. The van der Waals surface area contributed by atoms with Crippen molar-refractivity contribution in [2.45, 2.75) is 76.3 Å². The number of nitrogens with zero attached hydrogens (tertiary/aromatic N) is 2. The van der Waals surface area contributed by atoms with Gasteiger partial charge in [-0.15, -0.1) is 24.8 Å². The highest BCUT2D eigenvalue weighted by atomic mass is 35.5. The fourth-order valence-electron chi connectivity index (χ4n) is 2.42. The normalized spacial score (nSPS) is 19.9. The Labute approximate surface area is 124 Å². The van der Waals surface area contributed by atoms with E-state index in [-0.39, 0.29) is 24.8 Å². The average molecular weight is 291 g/mol. The summed E-state index contributed by atoms with van der Waals surface area (Å²) in [6, 6.07) is 0.757. The van der Waals surface area contributed by atoms with Gasteiger partial charge in [0, 0.05) is 25.7 Å². The van der Waals surface area contributed by atoms with Crippen LogP contribution in [0.1, 0.15) is 64.2 Å². The Hall–Kier alpha value is -0.440. The van der Waals surface area contributed by atoms with E-state index < -0.39 is 0 Å². The molecule has 0 saturated heterocycles. The van der Waals surface area contributed by atoms with Crippen molar-refractivity contribution >= 4 is 24.8 Å². The molecule has 104 valence electrons. The summed E-state index contributed by atoms with van der Waals surface area (Å²) in [6.07, 6.45) is 12.5. The lowest BCUT2D eigenvalue weighted by Gasteiger charge is -2.09. The maximum absolute atomic E-state index is 6.72. The molecular formula is C14H24Cl2N2. The third-order valence-corrected chi connectivity index (χ3v) is 3.51. The number of rotatable bonds is 0. The Balaban J connectivity index is 0. The molecular weight excluding hydrogens is 267 g/mol. The molecule has 0 aliphatic heterocycles. The maximum atomic E-state index is 6.72. The number of hydrogen-bond acceptors (Lipinski definition) is 0. The second kappa shape index (κ2) is 13.0. The molecule has 0 heterocycles. The highest BCUT2D eigenvalue weighted by Gasteiger charge is 2.16. The van der Waals surface area contributed by atoms with Gasteiger partial charge in [0.25, 0.3) is 0 Å². The van der Waals surface area contributed by atoms with E-state index in [0.29, 0.717) is 12.1 Å². The molecule has 0 aromatic heterocycles. The van der Waals surface area contributed by atoms with E-state index in [0.717, 1.165) is 25.7 Å². The number of hydrogen-bond donors (Lipinski definition) is 0. The van der Waals surface area contributed by atoms with E-state index in [1.807, 2.05) is 0 Å². The van der Waals surface area contributed by atoms with E-state index in [4.69, 9.17) is 13.1 Å². The summed E-state index contributed by atoms with van der Waals surface area (Å²) in [5.41, 5.74) is 0. The summed E-state index contributed by atoms with van der Waals surface area (Å²) in [6.45, 7) is 13.4. The minimum atomic E-state index is 0. The molecule has 0 amide bonds. The first-order valence-electron chi connectivity index (χ1n) is 6.60. The predicted octanol–water partition coefficient (Wildman–Crippen LogP) is 5.32. The SMILES string of the molecule is Cl.Cl.[C-]#[N+]C1CCCCC1.[C-]#[N+]C1CCCCC1. The lowest BCUT2D eigenvalue weighted by atomic mass is 9.96. The minimum Gasteiger partial charge on any atom is -0.314 e. The van der Waals surface area contributed by atoms with Crippen LogP contribution < -0.4 is 0 Å². The van der Waals surface area contributed by atoms with Crippen LogP contribution in [0.2, 0.25) is 0 Å². The van der Waals surface area contributed by atoms with Gasteiger partial charge in [-0.05, 0) is 25.7 Å². The van der Waals surface area contributed by atoms with Crippen LogP contribution in [0.5, 0.6) is 0 Å². The van der Waals surface area contributed by atoms with E-state index in [2.05, 4.69) is 9.69 Å². The summed E-state index contributed by atoms with van der Waals surface area (Å²) in [5, 5.41) is 0. The summed E-state index contributed by atoms with van der Waals surface area (Å²) in [7, 11) is 0. The molecule has 0 unspecified atom stereocenters. The molecule has 2 saturated carbocycles. The van der Waals surface area contributed by atoms with Gasteiger partial charge in [-0.2, -0.15) is 0 Å². The van der Waals surface area contributed by atoms with Crippen molar-refractivity contribution in [2.24, 2.45) is 0 Å². The van der Waals surface area contributed by atoms with Crippen molar-refractivity contribution in [1.29, 1.82) is 0 Å². The molecule has 4 heteroatoms. The van der Waals surface area contributed by atoms with Crippen LogP contribution in [0.3, 0.4) is 0 Å². The van der Waals surface area contributed by atoms with E-state index in [9.17, 15) is 0 Å². The molecule has 0 radical (unpaired) electrons. The molecule has 2 rings (SSSR count). The first-order valence-corrected chi connectivity index (χ1v) is 6.60. The molecule has 2 fully saturated rings. The van der Waals surface area contributed by atoms with Gasteiger partial charge in [-0.3, -0.25) is 0 Å². The van der Waals surface area contributed by atoms with Crippen LogP contribution in [0, 0.1) is 13.1 Å². The molecule has 0 aromatic carbocycles. The first kappa shape index (κ1) is 19.9. The Morgan fingerprint density at radius 1 is 0.556 bits per heavy atom. The zero-order valence-corrected chi connectivity index (χ0v) is 12.6. The number of halogens is 2. The van der Waals surface area contributed by atoms with Crippen LogP contribution in [0.25, 0.3) is 9.69 Å². The Bertz CT molecular complexity index is 228. The third-order valence-electron chi connectivity index (χ3n) is 3.51. The van der Waals surface area contributed by atoms with Gasteiger partial charge in [0.2, 0.25) is 12.1 Å². The molecule has 0 atom stereocenters. The van der Waals surface area contributed by atoms with Crippen LogP contribution in [0.4, 0.5) is 0 Å². The molecule has 0 aromatic rings. The van der Waals surface area contributed by atoms with Gasteiger partial charge in [-0.1, -0.05) is 12.8 Å². The summed E-state index contributed by atoms with van der Waals surface area (Å²) in [4.78, 5) is 7.00. The Kier molecular flexibility index (Phi) is 14.4. The fourth-order valence-corrected chi connectivity index (χ4v) is 2.42. The molecule has 2 aliphatic carbocycles. The molecule has 2 aliphatic rings. The van der Waals surface area contributed by atoms with Gasteiger partial charge in [0.05, 0.1) is 0 Å². The van der Waals surface area contributed by atoms with Crippen molar-refractivity contribution in [3.63, 3.8) is 0 Å². The van der Waals surface area contributed by atoms with E-state index in [1.165, 1.54) is 38.5 Å². The Morgan fingerprint density at radius 2 is 0.833 bits per heavy atom. The summed E-state index contributed by atoms with van der Waals surface area (Å²) < 4.78 is 0. The first-order chi connectivity index (χ1) is 7.86. The lowest BCUT2D eigenvalue weighted by Crippen LogP contribution is -2.06. The fraction of sp³-hybridized carbons (Fsp3) is 0.857. The topological polar surface area (TPSA) is 8.72 Å². The predicted molar refractivity (Wildman–Crippen MR) is 81.4 cm³/mol. The molecule has 18 heavy (non-hydrogen) atoms. The molecule has 0 bridgehead atoms. The van der Waals surface area contributed by atoms with Gasteiger partial charge in [0.1, 0.15) is 0 Å². The second-order valence-corrected chi connectivity index (χ2v) is 4.84. The summed E-state index contributed by atoms with van der Waals surface area (Å²) >= 11 is 0. The van der Waals surface area contributed by atoms with Crippen LogP contribution in [0.15, 0.2) is 0 Å². The van der Waals surface area contributed by atoms with Crippen molar-refractivity contribution in [3.05, 3.63) is 22.8 Å². The van der Waals surface area contributed by atoms with E-state index >= 15 is 0 Å². The van der Waals surface area contributed by atoms with Crippen LogP contribution >= 0.6 is 24.8 Å². The largest absolute Gasteiger partial charge is 0.314 e.